The highest BCUT2D eigenvalue weighted by Gasteiger charge is 2.46. The van der Waals surface area contributed by atoms with Crippen LogP contribution in [0.3, 0.4) is 0 Å². The number of nitrogens with one attached hydrogen (secondary N) is 3. The van der Waals surface area contributed by atoms with E-state index in [0.717, 1.165) is 45.5 Å². The summed E-state index contributed by atoms with van der Waals surface area (Å²) in [5.41, 5.74) is 7.36. The van der Waals surface area contributed by atoms with Crippen molar-refractivity contribution in [1.82, 2.24) is 25.8 Å². The van der Waals surface area contributed by atoms with Crippen molar-refractivity contribution in [3.63, 3.8) is 0 Å². The van der Waals surface area contributed by atoms with E-state index in [0.29, 0.717) is 42.4 Å². The zero-order valence-electron chi connectivity index (χ0n) is 58.0. The second kappa shape index (κ2) is 30.2. The number of anilines is 2. The molecule has 5 heterocycles. The molecule has 0 fully saturated rings. The molecule has 522 valence electrons. The Balaban J connectivity index is 0.728. The van der Waals surface area contributed by atoms with Gasteiger partial charge in [0.15, 0.2) is 34.5 Å². The van der Waals surface area contributed by atoms with E-state index in [1.165, 1.54) is 40.7 Å². The monoisotopic (exact) mass is 1390 g/mol. The second-order valence-corrected chi connectivity index (χ2v) is 39.2. The maximum atomic E-state index is 14.8. The fourth-order valence-corrected chi connectivity index (χ4v) is 14.1. The van der Waals surface area contributed by atoms with Crippen LogP contribution >= 0.6 is 0 Å². The summed E-state index contributed by atoms with van der Waals surface area (Å²) in [4.78, 5) is 105. The highest BCUT2D eigenvalue weighted by molar-refractivity contribution is 6.76. The zero-order valence-corrected chi connectivity index (χ0v) is 60.0. The number of alkyl carbamates (subject to hydrolysis) is 1. The van der Waals surface area contributed by atoms with Crippen LogP contribution in [0.5, 0.6) is 34.5 Å². The molecule has 0 unspecified atom stereocenters. The van der Waals surface area contributed by atoms with Gasteiger partial charge in [-0.1, -0.05) is 120 Å². The summed E-state index contributed by atoms with van der Waals surface area (Å²) in [5.74, 6) is 5.04. The van der Waals surface area contributed by atoms with Gasteiger partial charge in [-0.2, -0.15) is 0 Å². The lowest BCUT2D eigenvalue weighted by atomic mass is 9.98. The van der Waals surface area contributed by atoms with E-state index < -0.39 is 70.0 Å². The minimum atomic E-state index is -1.55. The molecule has 99 heavy (non-hydrogen) atoms. The predicted octanol–water partition coefficient (Wildman–Crippen LogP) is 10.1. The summed E-state index contributed by atoms with van der Waals surface area (Å²) >= 11 is 0. The third-order valence-corrected chi connectivity index (χ3v) is 21.6. The highest BCUT2D eigenvalue weighted by atomic mass is 28.3. The first-order chi connectivity index (χ1) is 47.4. The van der Waals surface area contributed by atoms with Gasteiger partial charge < -0.3 is 68.4 Å². The molecule has 0 bridgehead atoms. The van der Waals surface area contributed by atoms with Crippen molar-refractivity contribution in [1.29, 1.82) is 0 Å². The number of benzene rings is 5. The number of methoxy groups -OCH3 is 2. The molecule has 7 amide bonds. The van der Waals surface area contributed by atoms with E-state index in [1.54, 1.807) is 50.5 Å². The molecular formula is C74H87N7O16Si2. The van der Waals surface area contributed by atoms with Crippen molar-refractivity contribution < 1.29 is 76.2 Å². The van der Waals surface area contributed by atoms with E-state index in [9.17, 15) is 33.6 Å². The van der Waals surface area contributed by atoms with Crippen molar-refractivity contribution >= 4 is 74.6 Å². The Morgan fingerprint density at radius 2 is 1.16 bits per heavy atom. The van der Waals surface area contributed by atoms with E-state index in [2.05, 4.69) is 67.1 Å². The number of amides is 7. The average molecular weight is 1390 g/mol. The van der Waals surface area contributed by atoms with Crippen LogP contribution < -0.4 is 54.2 Å². The molecule has 0 radical (unpaired) electrons. The Kier molecular flexibility index (Phi) is 21.6. The highest BCUT2D eigenvalue weighted by Crippen LogP contribution is 2.47. The van der Waals surface area contributed by atoms with E-state index in [-0.39, 0.29) is 123 Å². The summed E-state index contributed by atoms with van der Waals surface area (Å²) in [5, 5.41) is 8.12. The van der Waals surface area contributed by atoms with Crippen molar-refractivity contribution in [3.8, 4) is 57.5 Å². The molecule has 6 aliphatic rings. The van der Waals surface area contributed by atoms with Crippen LogP contribution in [0, 0.1) is 17.8 Å². The first-order valence-electron chi connectivity index (χ1n) is 33.5. The normalized spacial score (nSPS) is 17.3. The molecule has 11 rings (SSSR count). The fourth-order valence-electron chi connectivity index (χ4n) is 12.6. The second-order valence-electron chi connectivity index (χ2n) is 28.0. The maximum Gasteiger partial charge on any atom is 0.407 e. The summed E-state index contributed by atoms with van der Waals surface area (Å²) in [6.07, 6.45) is 3.18. The number of nitrogens with zero attached hydrogens (tertiary/aromatic N) is 4. The van der Waals surface area contributed by atoms with Gasteiger partial charge in [0.1, 0.15) is 44.2 Å². The van der Waals surface area contributed by atoms with Crippen LogP contribution in [0.2, 0.25) is 51.4 Å². The number of fused-ring (bicyclic) bond motifs is 8. The minimum Gasteiger partial charge on any atom is -0.493 e. The lowest BCUT2D eigenvalue weighted by Crippen LogP contribution is -2.54. The minimum absolute atomic E-state index is 0.0705. The van der Waals surface area contributed by atoms with Crippen LogP contribution in [0.4, 0.5) is 16.2 Å². The number of hydrogen-bond acceptors (Lipinski definition) is 16. The Labute approximate surface area is 579 Å². The molecule has 5 aromatic carbocycles. The zero-order chi connectivity index (χ0) is 70.4. The van der Waals surface area contributed by atoms with Crippen molar-refractivity contribution in [3.05, 3.63) is 137 Å². The van der Waals surface area contributed by atoms with Gasteiger partial charge in [0, 0.05) is 84.6 Å². The van der Waals surface area contributed by atoms with Gasteiger partial charge in [0.2, 0.25) is 18.6 Å². The lowest BCUT2D eigenvalue weighted by Gasteiger charge is -2.27. The van der Waals surface area contributed by atoms with Gasteiger partial charge in [0.05, 0.1) is 56.5 Å². The Hall–Kier alpha value is -9.62. The molecule has 5 aromatic rings. The SMILES string of the molecule is COc1cc2c(cc1OCCCOc1cc3c(cc1OC)C(=O)N1C=C(c4ccc5c(c4)OCO5)C[C@H]1C(=O)N3COCC[Si](C)(C)C)N(COCC[Si](C)(C)C)C(=O)[C@@H]1CC(C#CCNC(=O)[C@H](C)NC(=O)[C@@H](NC(=O)OCC3c4ccccc4-c4ccccc43)C(C)C)=CN1C2=O. The number of ether oxygens (including phenoxy) is 9. The molecule has 3 N–H and O–H groups in total. The molecule has 0 aromatic heterocycles. The molecule has 4 atom stereocenters. The van der Waals surface area contributed by atoms with Crippen molar-refractivity contribution in [2.24, 2.45) is 5.92 Å². The summed E-state index contributed by atoms with van der Waals surface area (Å²) in [6, 6.07) is 25.8. The van der Waals surface area contributed by atoms with Crippen LogP contribution in [0.25, 0.3) is 16.7 Å². The van der Waals surface area contributed by atoms with E-state index >= 15 is 0 Å². The van der Waals surface area contributed by atoms with E-state index in [4.69, 9.17) is 42.6 Å². The van der Waals surface area contributed by atoms with Crippen LogP contribution in [-0.2, 0) is 33.4 Å². The van der Waals surface area contributed by atoms with Crippen LogP contribution in [-0.4, -0.2) is 166 Å². The smallest absolute Gasteiger partial charge is 0.407 e. The summed E-state index contributed by atoms with van der Waals surface area (Å²) in [7, 11) is -0.115. The Morgan fingerprint density at radius 3 is 1.72 bits per heavy atom. The number of carbonyl (C=O) groups is 7. The maximum absolute atomic E-state index is 14.8. The first-order valence-corrected chi connectivity index (χ1v) is 40.9. The van der Waals surface area contributed by atoms with E-state index in [1.807, 2.05) is 66.7 Å². The molecule has 0 spiro atoms. The number of carbonyl (C=O) groups excluding carboxylic acids is 7. The molecule has 0 saturated heterocycles. The average Bonchev–Trinajstić information content (AvgIpc) is 1.63. The number of hydrogen-bond donors (Lipinski definition) is 3. The first kappa shape index (κ1) is 70.7. The van der Waals surface area contributed by atoms with Crippen molar-refractivity contribution in [2.75, 3.05) is 83.9 Å². The van der Waals surface area contributed by atoms with Gasteiger partial charge in [-0.05, 0) is 82.6 Å². The van der Waals surface area contributed by atoms with Crippen LogP contribution in [0.15, 0.2) is 109 Å². The molecule has 25 heteroatoms. The Bertz CT molecular complexity index is 4050. The third-order valence-electron chi connectivity index (χ3n) is 18.2. The quantitative estimate of drug-likeness (QED) is 0.0251. The molecule has 1 aliphatic carbocycles. The van der Waals surface area contributed by atoms with Crippen LogP contribution in [0.1, 0.15) is 83.4 Å². The number of rotatable bonds is 27. The van der Waals surface area contributed by atoms with Gasteiger partial charge in [0.25, 0.3) is 23.6 Å². The lowest BCUT2D eigenvalue weighted by molar-refractivity contribution is -0.130. The van der Waals surface area contributed by atoms with Crippen molar-refractivity contribution in [2.45, 2.75) is 121 Å². The molecular weight excluding hydrogens is 1300 g/mol. The predicted molar refractivity (Wildman–Crippen MR) is 378 cm³/mol. The molecule has 5 aliphatic heterocycles. The largest absolute Gasteiger partial charge is 0.493 e. The Morgan fingerprint density at radius 1 is 0.616 bits per heavy atom. The third kappa shape index (κ3) is 15.9. The van der Waals surface area contributed by atoms with Gasteiger partial charge in [-0.25, -0.2) is 4.79 Å². The topological polar surface area (TPSA) is 252 Å². The van der Waals surface area contributed by atoms with Gasteiger partial charge >= 0.3 is 6.09 Å². The molecule has 0 saturated carbocycles. The fraction of sp³-hybridized carbons (Fsp3) is 0.419. The summed E-state index contributed by atoms with van der Waals surface area (Å²) < 4.78 is 53.7. The molecule has 23 nitrogen and oxygen atoms in total. The van der Waals surface area contributed by atoms with Gasteiger partial charge in [-0.15, -0.1) is 0 Å². The van der Waals surface area contributed by atoms with Gasteiger partial charge in [-0.3, -0.25) is 38.6 Å². The standard InChI is InChI=1S/C74H87N7O16Si2/c1-45(2)67(77-74(88)95-41-56-52-21-14-12-19-50(52)51-20-13-15-22-53(51)56)69(83)76-46(3)68(82)75-25-16-18-47-32-59-72(86)80(42-91-28-30-98(6,7)8)57-37-65(62(89-4)35-54(57)70(84)78(59)39-47)93-26-17-27-94-66-38-58-55(36-63(66)90-5)71(85)79-40-49(48-23-24-61-64(34-48)97-44-96-61)33-60(79)73(87)81(58)43-92-29-31-99(9,10)11/h12-15,19-24,34-40,45-46,56,59-60,67H,17,25-33,41-44H2,1-11H3,(H,75,82)(H,76,83)(H,77,88)/t46-,59-,60-,67-/m0/s1. The summed E-state index contributed by atoms with van der Waals surface area (Å²) in [6.45, 7) is 19.3.